The van der Waals surface area contributed by atoms with Crippen LogP contribution < -0.4 is 5.32 Å². The lowest BCUT2D eigenvalue weighted by Gasteiger charge is -2.15. The molecule has 1 aromatic rings. The summed E-state index contributed by atoms with van der Waals surface area (Å²) in [4.78, 5) is 0. The van der Waals surface area contributed by atoms with Crippen molar-refractivity contribution in [1.29, 1.82) is 0 Å². The van der Waals surface area contributed by atoms with E-state index in [-0.39, 0.29) is 0 Å². The van der Waals surface area contributed by atoms with Gasteiger partial charge < -0.3 is 5.32 Å². The summed E-state index contributed by atoms with van der Waals surface area (Å²) in [6.07, 6.45) is 1.89. The largest absolute Gasteiger partial charge is 0.313 e. The Labute approximate surface area is 114 Å². The Morgan fingerprint density at radius 2 is 2.11 bits per heavy atom. The Bertz CT molecular complexity index is 454. The molecule has 0 aromatic carbocycles. The van der Waals surface area contributed by atoms with Crippen LogP contribution in [0.3, 0.4) is 0 Å². The predicted molar refractivity (Wildman–Crippen MR) is 76.4 cm³/mol. The highest BCUT2D eigenvalue weighted by Gasteiger charge is 2.22. The molecule has 0 bridgehead atoms. The minimum absolute atomic E-state index is 0.439. The molecular formula is C12H22N2O2S2. The highest BCUT2D eigenvalue weighted by molar-refractivity contribution is 7.91. The first-order valence-corrected chi connectivity index (χ1v) is 8.58. The van der Waals surface area contributed by atoms with Crippen LogP contribution >= 0.6 is 11.3 Å². The quantitative estimate of drug-likeness (QED) is 0.799. The number of nitrogens with one attached hydrogen (secondary N) is 1. The van der Waals surface area contributed by atoms with Crippen LogP contribution in [0.25, 0.3) is 0 Å². The number of nitrogens with zero attached hydrogens (tertiary/aromatic N) is 1. The van der Waals surface area contributed by atoms with Crippen molar-refractivity contribution in [3.05, 3.63) is 17.0 Å². The third kappa shape index (κ3) is 4.05. The van der Waals surface area contributed by atoms with Crippen molar-refractivity contribution in [1.82, 2.24) is 9.62 Å². The topological polar surface area (TPSA) is 49.4 Å². The number of sulfonamides is 1. The molecule has 0 saturated heterocycles. The van der Waals surface area contributed by atoms with E-state index >= 15 is 0 Å². The monoisotopic (exact) mass is 290 g/mol. The number of thiophene rings is 1. The molecule has 0 spiro atoms. The van der Waals surface area contributed by atoms with E-state index in [9.17, 15) is 8.42 Å². The van der Waals surface area contributed by atoms with E-state index in [0.29, 0.717) is 10.8 Å². The Kier molecular flexibility index (Phi) is 6.28. The third-order valence-corrected chi connectivity index (χ3v) is 6.02. The maximum atomic E-state index is 12.2. The van der Waals surface area contributed by atoms with Crippen molar-refractivity contribution in [2.24, 2.45) is 0 Å². The van der Waals surface area contributed by atoms with Crippen molar-refractivity contribution < 1.29 is 8.42 Å². The third-order valence-electron chi connectivity index (χ3n) is 2.70. The van der Waals surface area contributed by atoms with E-state index < -0.39 is 10.0 Å². The Hall–Kier alpha value is -0.430. The molecule has 1 heterocycles. The fraction of sp³-hybridized carbons (Fsp3) is 0.667. The number of hydrogen-bond acceptors (Lipinski definition) is 4. The van der Waals surface area contributed by atoms with Gasteiger partial charge in [0.1, 0.15) is 4.21 Å². The molecule has 6 heteroatoms. The van der Waals surface area contributed by atoms with Crippen LogP contribution in [0.2, 0.25) is 0 Å². The summed E-state index contributed by atoms with van der Waals surface area (Å²) in [5.74, 6) is 0. The summed E-state index contributed by atoms with van der Waals surface area (Å²) in [6, 6.07) is 1.77. The fourth-order valence-electron chi connectivity index (χ4n) is 1.51. The van der Waals surface area contributed by atoms with Gasteiger partial charge in [-0.3, -0.25) is 0 Å². The van der Waals surface area contributed by atoms with E-state index in [2.05, 4.69) is 12.2 Å². The molecule has 0 atom stereocenters. The van der Waals surface area contributed by atoms with Crippen molar-refractivity contribution in [3.8, 4) is 0 Å². The lowest BCUT2D eigenvalue weighted by molar-refractivity contribution is 0.461. The molecule has 0 saturated carbocycles. The van der Waals surface area contributed by atoms with Gasteiger partial charge in [-0.25, -0.2) is 12.7 Å². The van der Waals surface area contributed by atoms with Crippen LogP contribution in [-0.4, -0.2) is 32.9 Å². The first-order valence-electron chi connectivity index (χ1n) is 6.26. The van der Waals surface area contributed by atoms with Crippen LogP contribution in [0.4, 0.5) is 0 Å². The molecule has 0 radical (unpaired) electrons. The van der Waals surface area contributed by atoms with Crippen molar-refractivity contribution in [2.45, 2.75) is 37.4 Å². The smallest absolute Gasteiger partial charge is 0.252 e. The first kappa shape index (κ1) is 15.6. The van der Waals surface area contributed by atoms with Gasteiger partial charge in [0.25, 0.3) is 10.0 Å². The maximum Gasteiger partial charge on any atom is 0.252 e. The Balaban J connectivity index is 2.75. The average molecular weight is 290 g/mol. The van der Waals surface area contributed by atoms with E-state index in [0.717, 1.165) is 31.5 Å². The van der Waals surface area contributed by atoms with Gasteiger partial charge >= 0.3 is 0 Å². The molecule has 0 aliphatic heterocycles. The molecular weight excluding hydrogens is 268 g/mol. The molecule has 1 N–H and O–H groups in total. The van der Waals surface area contributed by atoms with Crippen molar-refractivity contribution >= 4 is 21.4 Å². The zero-order valence-electron chi connectivity index (χ0n) is 11.3. The van der Waals surface area contributed by atoms with Gasteiger partial charge in [0.05, 0.1) is 0 Å². The van der Waals surface area contributed by atoms with Gasteiger partial charge in [-0.05, 0) is 30.0 Å². The van der Waals surface area contributed by atoms with E-state index in [1.807, 2.05) is 12.3 Å². The summed E-state index contributed by atoms with van der Waals surface area (Å²) in [6.45, 7) is 6.28. The second kappa shape index (κ2) is 7.23. The van der Waals surface area contributed by atoms with E-state index in [4.69, 9.17) is 0 Å². The molecule has 0 unspecified atom stereocenters. The van der Waals surface area contributed by atoms with Crippen LogP contribution in [0.5, 0.6) is 0 Å². The Morgan fingerprint density at radius 1 is 1.39 bits per heavy atom. The summed E-state index contributed by atoms with van der Waals surface area (Å²) in [5, 5.41) is 5.10. The van der Waals surface area contributed by atoms with Gasteiger partial charge in [0, 0.05) is 20.1 Å². The maximum absolute atomic E-state index is 12.2. The SMILES string of the molecule is CCCCN(C)S(=O)(=O)c1cc(CNCC)cs1. The number of rotatable bonds is 8. The molecule has 104 valence electrons. The normalized spacial score (nSPS) is 12.2. The number of hydrogen-bond donors (Lipinski definition) is 1. The molecule has 1 rings (SSSR count). The minimum Gasteiger partial charge on any atom is -0.313 e. The zero-order chi connectivity index (χ0) is 13.6. The molecule has 18 heavy (non-hydrogen) atoms. The minimum atomic E-state index is -3.29. The van der Waals surface area contributed by atoms with Gasteiger partial charge in [-0.15, -0.1) is 11.3 Å². The fourth-order valence-corrected chi connectivity index (χ4v) is 4.13. The molecule has 0 fully saturated rings. The lowest BCUT2D eigenvalue weighted by atomic mass is 10.3. The molecule has 1 aromatic heterocycles. The second-order valence-corrected chi connectivity index (χ2v) is 7.42. The summed E-state index contributed by atoms with van der Waals surface area (Å²) in [7, 11) is -1.64. The van der Waals surface area contributed by atoms with Crippen molar-refractivity contribution in [2.75, 3.05) is 20.1 Å². The highest BCUT2D eigenvalue weighted by Crippen LogP contribution is 2.23. The molecule has 0 aliphatic rings. The molecule has 0 amide bonds. The number of unbranched alkanes of at least 4 members (excludes halogenated alkanes) is 1. The van der Waals surface area contributed by atoms with Gasteiger partial charge in [0.15, 0.2) is 0 Å². The standard InChI is InChI=1S/C12H22N2O2S2/c1-4-6-7-14(3)18(15,16)12-8-11(10-17-12)9-13-5-2/h8,10,13H,4-7,9H2,1-3H3. The zero-order valence-corrected chi connectivity index (χ0v) is 12.9. The second-order valence-electron chi connectivity index (χ2n) is 4.23. The van der Waals surface area contributed by atoms with Crippen LogP contribution in [-0.2, 0) is 16.6 Å². The summed E-state index contributed by atoms with van der Waals surface area (Å²) >= 11 is 1.30. The molecule has 4 nitrogen and oxygen atoms in total. The summed E-state index contributed by atoms with van der Waals surface area (Å²) in [5.41, 5.74) is 1.03. The molecule has 0 aliphatic carbocycles. The van der Waals surface area contributed by atoms with E-state index in [1.165, 1.54) is 15.6 Å². The van der Waals surface area contributed by atoms with Gasteiger partial charge in [0.2, 0.25) is 0 Å². The average Bonchev–Trinajstić information content (AvgIpc) is 2.82. The predicted octanol–water partition coefficient (Wildman–Crippen LogP) is 2.28. The Morgan fingerprint density at radius 3 is 2.72 bits per heavy atom. The van der Waals surface area contributed by atoms with Gasteiger partial charge in [-0.1, -0.05) is 20.3 Å². The van der Waals surface area contributed by atoms with Crippen LogP contribution in [0.1, 0.15) is 32.3 Å². The van der Waals surface area contributed by atoms with E-state index in [1.54, 1.807) is 13.1 Å². The van der Waals surface area contributed by atoms with Gasteiger partial charge in [-0.2, -0.15) is 0 Å². The van der Waals surface area contributed by atoms with Crippen LogP contribution in [0, 0.1) is 0 Å². The summed E-state index contributed by atoms with van der Waals surface area (Å²) < 4.78 is 26.4. The lowest BCUT2D eigenvalue weighted by Crippen LogP contribution is -2.27. The van der Waals surface area contributed by atoms with Crippen molar-refractivity contribution in [3.63, 3.8) is 0 Å². The van der Waals surface area contributed by atoms with Crippen LogP contribution in [0.15, 0.2) is 15.7 Å². The highest BCUT2D eigenvalue weighted by atomic mass is 32.2. The first-order chi connectivity index (χ1) is 8.52.